The number of carboxylic acid groups (broad SMARTS) is 1. The van der Waals surface area contributed by atoms with Gasteiger partial charge in [0.2, 0.25) is 5.76 Å². The Morgan fingerprint density at radius 2 is 2.00 bits per heavy atom. The highest BCUT2D eigenvalue weighted by Crippen LogP contribution is 2.25. The first-order valence-electron chi connectivity index (χ1n) is 7.16. The Morgan fingerprint density at radius 1 is 1.25 bits per heavy atom. The van der Waals surface area contributed by atoms with Crippen LogP contribution in [0.15, 0.2) is 51.8 Å². The highest BCUT2D eigenvalue weighted by molar-refractivity contribution is 5.97. The van der Waals surface area contributed by atoms with Gasteiger partial charge in [-0.2, -0.15) is 0 Å². The summed E-state index contributed by atoms with van der Waals surface area (Å²) in [6, 6.07) is 9.62. The van der Waals surface area contributed by atoms with E-state index < -0.39 is 11.9 Å². The van der Waals surface area contributed by atoms with E-state index in [9.17, 15) is 19.5 Å². The largest absolute Gasteiger partial charge is 0.475 e. The Kier molecular flexibility index (Phi) is 3.91. The third kappa shape index (κ3) is 2.79. The molecule has 2 heterocycles. The van der Waals surface area contributed by atoms with Gasteiger partial charge in [0.15, 0.2) is 0 Å². The molecular formula is C17H14N2O5. The van der Waals surface area contributed by atoms with Gasteiger partial charge in [0, 0.05) is 42.4 Å². The fourth-order valence-corrected chi connectivity index (χ4v) is 2.41. The summed E-state index contributed by atoms with van der Waals surface area (Å²) in [5.41, 5.74) is 0.730. The maximum Gasteiger partial charge on any atom is 0.372 e. The second kappa shape index (κ2) is 6.04. The lowest BCUT2D eigenvalue weighted by Crippen LogP contribution is -2.26. The van der Waals surface area contributed by atoms with Crippen molar-refractivity contribution in [2.24, 2.45) is 7.05 Å². The number of pyridine rings is 1. The molecule has 3 rings (SSSR count). The molecule has 24 heavy (non-hydrogen) atoms. The topological polar surface area (TPSA) is 102 Å². The molecule has 7 heteroatoms. The van der Waals surface area contributed by atoms with Crippen LogP contribution in [0.1, 0.15) is 26.5 Å². The number of amides is 1. The molecule has 2 aromatic heterocycles. The van der Waals surface area contributed by atoms with E-state index in [1.165, 1.54) is 22.9 Å². The lowest BCUT2D eigenvalue weighted by molar-refractivity contribution is 0.0662. The summed E-state index contributed by atoms with van der Waals surface area (Å²) in [5, 5.41) is 12.5. The zero-order valence-corrected chi connectivity index (χ0v) is 12.8. The van der Waals surface area contributed by atoms with E-state index in [2.05, 4.69) is 5.32 Å². The molecule has 0 spiro atoms. The summed E-state index contributed by atoms with van der Waals surface area (Å²) < 4.78 is 6.68. The third-order valence-corrected chi connectivity index (χ3v) is 3.68. The smallest absolute Gasteiger partial charge is 0.372 e. The van der Waals surface area contributed by atoms with E-state index in [0.29, 0.717) is 16.5 Å². The van der Waals surface area contributed by atoms with Crippen LogP contribution in [-0.4, -0.2) is 21.6 Å². The van der Waals surface area contributed by atoms with E-state index in [0.717, 1.165) is 0 Å². The normalized spacial score (nSPS) is 10.7. The first-order valence-corrected chi connectivity index (χ1v) is 7.16. The molecule has 0 atom stereocenters. The monoisotopic (exact) mass is 326 g/mol. The number of para-hydroxylation sites is 1. The predicted octanol–water partition coefficient (Wildman–Crippen LogP) is 1.76. The second-order valence-corrected chi connectivity index (χ2v) is 5.26. The van der Waals surface area contributed by atoms with Crippen LogP contribution in [-0.2, 0) is 13.6 Å². The SMILES string of the molecule is Cn1ccc(C(=O)NCc2c(C(=O)O)oc3ccccc23)cc1=O. The van der Waals surface area contributed by atoms with Gasteiger partial charge >= 0.3 is 5.97 Å². The first-order chi connectivity index (χ1) is 11.5. The van der Waals surface area contributed by atoms with E-state index in [1.54, 1.807) is 31.3 Å². The summed E-state index contributed by atoms with van der Waals surface area (Å²) in [7, 11) is 1.58. The molecule has 2 N–H and O–H groups in total. The maximum atomic E-state index is 12.2. The molecule has 0 saturated heterocycles. The van der Waals surface area contributed by atoms with Crippen molar-refractivity contribution in [2.75, 3.05) is 0 Å². The quantitative estimate of drug-likeness (QED) is 0.760. The van der Waals surface area contributed by atoms with Crippen LogP contribution in [0.4, 0.5) is 0 Å². The molecule has 0 aliphatic carbocycles. The minimum atomic E-state index is -1.20. The van der Waals surface area contributed by atoms with Crippen molar-refractivity contribution in [3.05, 3.63) is 69.8 Å². The van der Waals surface area contributed by atoms with Crippen molar-refractivity contribution >= 4 is 22.8 Å². The number of furan rings is 1. The number of carbonyl (C=O) groups excluding carboxylic acids is 1. The average molecular weight is 326 g/mol. The molecule has 0 saturated carbocycles. The van der Waals surface area contributed by atoms with Crippen LogP contribution in [0.3, 0.4) is 0 Å². The number of hydrogen-bond acceptors (Lipinski definition) is 4. The zero-order chi connectivity index (χ0) is 17.3. The number of aryl methyl sites for hydroxylation is 1. The average Bonchev–Trinajstić information content (AvgIpc) is 2.94. The van der Waals surface area contributed by atoms with Gasteiger partial charge in [0.1, 0.15) is 5.58 Å². The van der Waals surface area contributed by atoms with Gasteiger partial charge < -0.3 is 19.4 Å². The van der Waals surface area contributed by atoms with Crippen molar-refractivity contribution in [1.29, 1.82) is 0 Å². The maximum absolute atomic E-state index is 12.2. The van der Waals surface area contributed by atoms with Crippen LogP contribution in [0.2, 0.25) is 0 Å². The fourth-order valence-electron chi connectivity index (χ4n) is 2.41. The lowest BCUT2D eigenvalue weighted by atomic mass is 10.1. The van der Waals surface area contributed by atoms with E-state index in [-0.39, 0.29) is 23.4 Å². The van der Waals surface area contributed by atoms with Crippen LogP contribution >= 0.6 is 0 Å². The highest BCUT2D eigenvalue weighted by Gasteiger charge is 2.20. The van der Waals surface area contributed by atoms with Crippen molar-refractivity contribution in [2.45, 2.75) is 6.54 Å². The van der Waals surface area contributed by atoms with E-state index >= 15 is 0 Å². The molecule has 7 nitrogen and oxygen atoms in total. The Morgan fingerprint density at radius 3 is 2.71 bits per heavy atom. The van der Waals surface area contributed by atoms with Gasteiger partial charge in [-0.05, 0) is 12.1 Å². The Balaban J connectivity index is 1.88. The van der Waals surface area contributed by atoms with Crippen LogP contribution in [0.5, 0.6) is 0 Å². The molecule has 122 valence electrons. The minimum absolute atomic E-state index is 0.0211. The third-order valence-electron chi connectivity index (χ3n) is 3.68. The molecule has 0 aliphatic rings. The summed E-state index contributed by atoms with van der Waals surface area (Å²) >= 11 is 0. The van der Waals surface area contributed by atoms with Gasteiger partial charge in [-0.25, -0.2) is 4.79 Å². The second-order valence-electron chi connectivity index (χ2n) is 5.26. The lowest BCUT2D eigenvalue weighted by Gasteiger charge is -2.05. The molecule has 0 bridgehead atoms. The number of hydrogen-bond donors (Lipinski definition) is 2. The fraction of sp³-hybridized carbons (Fsp3) is 0.118. The number of aromatic nitrogens is 1. The van der Waals surface area contributed by atoms with Crippen LogP contribution < -0.4 is 10.9 Å². The summed E-state index contributed by atoms with van der Waals surface area (Å²) in [4.78, 5) is 35.1. The highest BCUT2D eigenvalue weighted by atomic mass is 16.4. The van der Waals surface area contributed by atoms with Crippen molar-refractivity contribution < 1.29 is 19.1 Å². The zero-order valence-electron chi connectivity index (χ0n) is 12.8. The number of aromatic carboxylic acids is 1. The van der Waals surface area contributed by atoms with Gasteiger partial charge in [0.25, 0.3) is 11.5 Å². The standard InChI is InChI=1S/C17H14N2O5/c1-19-7-6-10(8-14(19)20)16(21)18-9-12-11-4-2-3-5-13(11)24-15(12)17(22)23/h2-8H,9H2,1H3,(H,18,21)(H,22,23). The van der Waals surface area contributed by atoms with Crippen molar-refractivity contribution in [3.8, 4) is 0 Å². The van der Waals surface area contributed by atoms with Crippen molar-refractivity contribution in [3.63, 3.8) is 0 Å². The molecule has 0 unspecified atom stereocenters. The van der Waals surface area contributed by atoms with Gasteiger partial charge in [-0.15, -0.1) is 0 Å². The van der Waals surface area contributed by atoms with Gasteiger partial charge in [0.05, 0.1) is 0 Å². The van der Waals surface area contributed by atoms with Crippen molar-refractivity contribution in [1.82, 2.24) is 9.88 Å². The Labute approximate surface area is 136 Å². The molecule has 3 aromatic rings. The summed E-state index contributed by atoms with van der Waals surface area (Å²) in [5.74, 6) is -1.88. The number of rotatable bonds is 4. The Hall–Kier alpha value is -3.35. The number of carboxylic acids is 1. The van der Waals surface area contributed by atoms with Crippen LogP contribution in [0.25, 0.3) is 11.0 Å². The first kappa shape index (κ1) is 15.5. The summed E-state index contributed by atoms with van der Waals surface area (Å²) in [6.45, 7) is -0.0211. The molecular weight excluding hydrogens is 312 g/mol. The van der Waals surface area contributed by atoms with Gasteiger partial charge in [-0.1, -0.05) is 18.2 Å². The molecule has 0 aliphatic heterocycles. The van der Waals surface area contributed by atoms with E-state index in [1.807, 2.05) is 0 Å². The number of nitrogens with one attached hydrogen (secondary N) is 1. The predicted molar refractivity (Wildman–Crippen MR) is 86.0 cm³/mol. The number of fused-ring (bicyclic) bond motifs is 1. The molecule has 0 radical (unpaired) electrons. The van der Waals surface area contributed by atoms with E-state index in [4.69, 9.17) is 4.42 Å². The minimum Gasteiger partial charge on any atom is -0.475 e. The number of carbonyl (C=O) groups is 2. The molecule has 1 aromatic carbocycles. The van der Waals surface area contributed by atoms with Crippen LogP contribution in [0, 0.1) is 0 Å². The molecule has 0 fully saturated rings. The molecule has 1 amide bonds. The number of benzene rings is 1. The van der Waals surface area contributed by atoms with Gasteiger partial charge in [-0.3, -0.25) is 9.59 Å². The summed E-state index contributed by atoms with van der Waals surface area (Å²) in [6.07, 6.45) is 1.49. The number of nitrogens with zero attached hydrogens (tertiary/aromatic N) is 1. The Bertz CT molecular complexity index is 1000.